The molecule has 0 radical (unpaired) electrons. The van der Waals surface area contributed by atoms with Gasteiger partial charge in [-0.3, -0.25) is 9.20 Å². The number of ether oxygens (including phenoxy) is 1. The van der Waals surface area contributed by atoms with E-state index in [1.54, 1.807) is 23.8 Å². The molecule has 7 rings (SSSR count). The van der Waals surface area contributed by atoms with Crippen LogP contribution in [0.1, 0.15) is 42.1 Å². The molecule has 2 aliphatic heterocycles. The lowest BCUT2D eigenvalue weighted by Gasteiger charge is -2.42. The quantitative estimate of drug-likeness (QED) is 0.164. The summed E-state index contributed by atoms with van der Waals surface area (Å²) in [6.45, 7) is 8.55. The Labute approximate surface area is 289 Å². The topological polar surface area (TPSA) is 123 Å². The molecule has 12 nitrogen and oxygen atoms in total. The highest BCUT2D eigenvalue weighted by Gasteiger charge is 2.33. The fourth-order valence-corrected chi connectivity index (χ4v) is 7.28. The Hall–Kier alpha value is -4.95. The van der Waals surface area contributed by atoms with Gasteiger partial charge < -0.3 is 25.2 Å². The number of hydrogen-bond acceptors (Lipinski definition) is 8. The van der Waals surface area contributed by atoms with E-state index in [0.29, 0.717) is 41.6 Å². The first-order chi connectivity index (χ1) is 24.2. The SMILES string of the molecule is CCc1cc(Nc2nccn3c(-c4ccc(Oc5cnn(C)n5)c(F)c4F)cnc23)ccc1C(=O)NCC1CC[N+](C)(CC2CCNC2)CC1. The highest BCUT2D eigenvalue weighted by molar-refractivity contribution is 5.96. The fourth-order valence-electron chi connectivity index (χ4n) is 7.28. The minimum absolute atomic E-state index is 0.00483. The molecule has 0 bridgehead atoms. The number of imidazole rings is 1. The molecule has 3 aromatic heterocycles. The number of rotatable bonds is 11. The Kier molecular flexibility index (Phi) is 9.47. The molecule has 1 unspecified atom stereocenters. The van der Waals surface area contributed by atoms with Gasteiger partial charge >= 0.3 is 0 Å². The van der Waals surface area contributed by atoms with Crippen LogP contribution in [-0.2, 0) is 13.5 Å². The molecular formula is C36H43F2N10O2+. The monoisotopic (exact) mass is 685 g/mol. The molecule has 3 N–H and O–H groups in total. The normalized spacial score (nSPS) is 20.7. The van der Waals surface area contributed by atoms with Gasteiger partial charge in [0.25, 0.3) is 11.8 Å². The van der Waals surface area contributed by atoms with Crippen LogP contribution in [0, 0.1) is 23.5 Å². The van der Waals surface area contributed by atoms with Crippen molar-refractivity contribution in [2.24, 2.45) is 18.9 Å². The number of benzene rings is 2. The molecular weight excluding hydrogens is 642 g/mol. The van der Waals surface area contributed by atoms with Crippen LogP contribution >= 0.6 is 0 Å². The number of quaternary nitrogens is 1. The van der Waals surface area contributed by atoms with Crippen LogP contribution in [0.15, 0.2) is 55.1 Å². The van der Waals surface area contributed by atoms with Gasteiger partial charge in [0.15, 0.2) is 23.0 Å². The van der Waals surface area contributed by atoms with E-state index in [9.17, 15) is 4.79 Å². The average Bonchev–Trinajstić information content (AvgIpc) is 3.89. The molecule has 5 aromatic rings. The van der Waals surface area contributed by atoms with E-state index in [-0.39, 0.29) is 23.1 Å². The number of hydrogen-bond donors (Lipinski definition) is 3. The summed E-state index contributed by atoms with van der Waals surface area (Å²) in [7, 11) is 3.98. The van der Waals surface area contributed by atoms with E-state index in [1.165, 1.54) is 42.3 Å². The number of halogens is 2. The Balaban J connectivity index is 1.01. The van der Waals surface area contributed by atoms with Crippen molar-refractivity contribution < 1.29 is 22.8 Å². The van der Waals surface area contributed by atoms with E-state index in [1.807, 2.05) is 25.1 Å². The van der Waals surface area contributed by atoms with Crippen LogP contribution in [0.4, 0.5) is 20.3 Å². The maximum absolute atomic E-state index is 15.4. The number of nitrogens with zero attached hydrogens (tertiary/aromatic N) is 7. The van der Waals surface area contributed by atoms with Gasteiger partial charge in [0.05, 0.1) is 38.6 Å². The summed E-state index contributed by atoms with van der Waals surface area (Å²) in [5, 5.41) is 17.8. The molecule has 50 heavy (non-hydrogen) atoms. The maximum Gasteiger partial charge on any atom is 0.258 e. The number of piperidine rings is 1. The van der Waals surface area contributed by atoms with E-state index >= 15 is 8.78 Å². The van der Waals surface area contributed by atoms with Crippen molar-refractivity contribution in [1.82, 2.24) is 40.0 Å². The minimum Gasteiger partial charge on any atom is -0.433 e. The average molecular weight is 686 g/mol. The summed E-state index contributed by atoms with van der Waals surface area (Å²) in [5.74, 6) is -0.869. The zero-order chi connectivity index (χ0) is 34.8. The van der Waals surface area contributed by atoms with Crippen LogP contribution in [0.5, 0.6) is 11.6 Å². The molecule has 262 valence electrons. The largest absolute Gasteiger partial charge is 0.433 e. The van der Waals surface area contributed by atoms with Crippen molar-refractivity contribution in [1.29, 1.82) is 0 Å². The molecule has 2 aliphatic rings. The van der Waals surface area contributed by atoms with Crippen molar-refractivity contribution in [3.05, 3.63) is 77.9 Å². The van der Waals surface area contributed by atoms with Gasteiger partial charge in [-0.2, -0.15) is 14.3 Å². The van der Waals surface area contributed by atoms with Crippen molar-refractivity contribution in [2.45, 2.75) is 32.6 Å². The molecule has 14 heteroatoms. The maximum atomic E-state index is 15.4. The van der Waals surface area contributed by atoms with Gasteiger partial charge in [-0.05, 0) is 61.2 Å². The number of nitrogens with one attached hydrogen (secondary N) is 3. The van der Waals surface area contributed by atoms with E-state index in [0.717, 1.165) is 60.7 Å². The number of aromatic nitrogens is 6. The van der Waals surface area contributed by atoms with Crippen molar-refractivity contribution in [3.8, 4) is 22.9 Å². The molecule has 2 saturated heterocycles. The predicted octanol–water partition coefficient (Wildman–Crippen LogP) is 5.10. The number of amides is 1. The number of carbonyl (C=O) groups is 1. The lowest BCUT2D eigenvalue weighted by molar-refractivity contribution is -0.918. The second-order valence-electron chi connectivity index (χ2n) is 13.7. The third-order valence-electron chi connectivity index (χ3n) is 10.1. The Morgan fingerprint density at radius 1 is 1.08 bits per heavy atom. The predicted molar refractivity (Wildman–Crippen MR) is 185 cm³/mol. The Morgan fingerprint density at radius 3 is 2.66 bits per heavy atom. The van der Waals surface area contributed by atoms with Crippen molar-refractivity contribution >= 4 is 23.1 Å². The van der Waals surface area contributed by atoms with Crippen LogP contribution in [0.2, 0.25) is 0 Å². The Morgan fingerprint density at radius 2 is 1.92 bits per heavy atom. The van der Waals surface area contributed by atoms with E-state index < -0.39 is 11.6 Å². The van der Waals surface area contributed by atoms with Gasteiger partial charge in [-0.25, -0.2) is 14.4 Å². The van der Waals surface area contributed by atoms with Crippen LogP contribution in [-0.4, -0.2) is 86.1 Å². The molecule has 5 heterocycles. The van der Waals surface area contributed by atoms with Crippen LogP contribution in [0.25, 0.3) is 16.9 Å². The standard InChI is InChI=1S/C36H42F2N10O2/c1-4-25-17-26(5-6-27(25)36(49)42-19-23-10-15-48(3,16-11-23)22-24-9-12-39-18-24)44-34-35-41-20-29(47(35)14-13-40-34)28-7-8-30(33(38)32(28)37)50-31-21-43-46(2)45-31/h5-8,13-14,17,20-21,23-24,39H,4,9-12,15-16,18-19,22H2,1-3H3,(H-,40,42,44,49)/p+1. The summed E-state index contributed by atoms with van der Waals surface area (Å²) >= 11 is 0. The van der Waals surface area contributed by atoms with Crippen LogP contribution < -0.4 is 20.7 Å². The third kappa shape index (κ3) is 7.03. The Bertz CT molecular complexity index is 2000. The van der Waals surface area contributed by atoms with Crippen molar-refractivity contribution in [2.75, 3.05) is 51.6 Å². The first-order valence-corrected chi connectivity index (χ1v) is 17.3. The molecule has 2 aromatic carbocycles. The summed E-state index contributed by atoms with van der Waals surface area (Å²) in [6, 6.07) is 8.39. The number of anilines is 2. The second kappa shape index (κ2) is 14.1. The molecule has 2 fully saturated rings. The van der Waals surface area contributed by atoms with E-state index in [4.69, 9.17) is 4.74 Å². The molecule has 0 aliphatic carbocycles. The number of aryl methyl sites for hydroxylation is 2. The van der Waals surface area contributed by atoms with Gasteiger partial charge in [-0.15, -0.1) is 5.10 Å². The highest BCUT2D eigenvalue weighted by atomic mass is 19.2. The smallest absolute Gasteiger partial charge is 0.258 e. The molecule has 1 atom stereocenters. The van der Waals surface area contributed by atoms with Crippen molar-refractivity contribution in [3.63, 3.8) is 0 Å². The fraction of sp³-hybridized carbons (Fsp3) is 0.417. The number of carbonyl (C=O) groups excluding carboxylic acids is 1. The summed E-state index contributed by atoms with van der Waals surface area (Å²) in [4.78, 5) is 23.5. The van der Waals surface area contributed by atoms with E-state index in [2.05, 4.69) is 43.2 Å². The summed E-state index contributed by atoms with van der Waals surface area (Å²) < 4.78 is 38.6. The lowest BCUT2D eigenvalue weighted by Crippen LogP contribution is -2.53. The molecule has 1 amide bonds. The summed E-state index contributed by atoms with van der Waals surface area (Å²) in [5.41, 5.74) is 3.05. The number of likely N-dealkylation sites (tertiary alicyclic amines) is 1. The second-order valence-corrected chi connectivity index (χ2v) is 13.7. The first-order valence-electron chi connectivity index (χ1n) is 17.3. The third-order valence-corrected chi connectivity index (χ3v) is 10.1. The lowest BCUT2D eigenvalue weighted by atomic mass is 9.93. The van der Waals surface area contributed by atoms with Gasteiger partial charge in [0.1, 0.15) is 6.20 Å². The van der Waals surface area contributed by atoms with Crippen LogP contribution in [0.3, 0.4) is 0 Å². The first kappa shape index (κ1) is 33.5. The summed E-state index contributed by atoms with van der Waals surface area (Å²) in [6.07, 6.45) is 10.2. The zero-order valence-electron chi connectivity index (χ0n) is 28.6. The van der Waals surface area contributed by atoms with Gasteiger partial charge in [0.2, 0.25) is 5.82 Å². The van der Waals surface area contributed by atoms with Gasteiger partial charge in [-0.1, -0.05) is 6.92 Å². The number of fused-ring (bicyclic) bond motifs is 1. The minimum atomic E-state index is -1.15. The zero-order valence-corrected chi connectivity index (χ0v) is 28.6. The highest BCUT2D eigenvalue weighted by Crippen LogP contribution is 2.33. The molecule has 0 spiro atoms. The molecule has 0 saturated carbocycles. The van der Waals surface area contributed by atoms with Gasteiger partial charge in [0, 0.05) is 68.1 Å².